The fourth-order valence-corrected chi connectivity index (χ4v) is 2.05. The Balaban J connectivity index is 1.96. The summed E-state index contributed by atoms with van der Waals surface area (Å²) in [5.41, 5.74) is 8.80. The van der Waals surface area contributed by atoms with E-state index >= 15 is 0 Å². The number of nitrogens with one attached hydrogen (secondary N) is 2. The highest BCUT2D eigenvalue weighted by Gasteiger charge is 2.12. The lowest BCUT2D eigenvalue weighted by Gasteiger charge is -2.08. The molecule has 0 aliphatic carbocycles. The van der Waals surface area contributed by atoms with Crippen molar-refractivity contribution in [2.75, 3.05) is 11.1 Å². The van der Waals surface area contributed by atoms with Crippen LogP contribution in [0.25, 0.3) is 10.9 Å². The van der Waals surface area contributed by atoms with E-state index in [1.807, 2.05) is 18.2 Å². The molecule has 3 rings (SSSR count). The number of nitrogens with zero attached hydrogens (tertiary/aromatic N) is 2. The van der Waals surface area contributed by atoms with Crippen molar-refractivity contribution in [3.63, 3.8) is 0 Å². The third-order valence-corrected chi connectivity index (χ3v) is 3.09. The minimum absolute atomic E-state index is 0.240. The third-order valence-electron chi connectivity index (χ3n) is 3.09. The average molecular weight is 267 g/mol. The minimum atomic E-state index is -0.240. The molecule has 3 aromatic rings. The predicted molar refractivity (Wildman–Crippen MR) is 77.4 cm³/mol. The molecule has 2 aromatic heterocycles. The van der Waals surface area contributed by atoms with E-state index in [-0.39, 0.29) is 5.91 Å². The summed E-state index contributed by atoms with van der Waals surface area (Å²) in [7, 11) is 0. The molecule has 0 radical (unpaired) electrons. The van der Waals surface area contributed by atoms with Crippen LogP contribution in [0.4, 0.5) is 11.4 Å². The maximum Gasteiger partial charge on any atom is 0.257 e. The minimum Gasteiger partial charge on any atom is -0.397 e. The zero-order valence-electron chi connectivity index (χ0n) is 10.8. The van der Waals surface area contributed by atoms with E-state index in [9.17, 15) is 4.79 Å². The van der Waals surface area contributed by atoms with Crippen LogP contribution in [0.5, 0.6) is 0 Å². The number of rotatable bonds is 2. The normalized spacial score (nSPS) is 10.7. The topological polar surface area (TPSA) is 96.7 Å². The number of nitrogens with two attached hydrogens (primary N) is 1. The Bertz CT molecular complexity index is 793. The summed E-state index contributed by atoms with van der Waals surface area (Å²) < 4.78 is 0. The van der Waals surface area contributed by atoms with Gasteiger partial charge in [-0.3, -0.25) is 14.9 Å². The first-order valence-corrected chi connectivity index (χ1v) is 6.11. The molecule has 1 aromatic carbocycles. The molecule has 0 unspecified atom stereocenters. The molecule has 2 heterocycles. The van der Waals surface area contributed by atoms with Crippen LogP contribution in [0.1, 0.15) is 16.1 Å². The van der Waals surface area contributed by atoms with Crippen LogP contribution >= 0.6 is 0 Å². The van der Waals surface area contributed by atoms with Gasteiger partial charge < -0.3 is 11.1 Å². The Kier molecular flexibility index (Phi) is 2.83. The van der Waals surface area contributed by atoms with E-state index in [1.54, 1.807) is 19.2 Å². The second kappa shape index (κ2) is 4.65. The van der Waals surface area contributed by atoms with Gasteiger partial charge in [0.15, 0.2) is 0 Å². The van der Waals surface area contributed by atoms with Crippen LogP contribution in [-0.2, 0) is 0 Å². The van der Waals surface area contributed by atoms with Gasteiger partial charge in [-0.2, -0.15) is 5.10 Å². The lowest BCUT2D eigenvalue weighted by molar-refractivity contribution is 0.102. The molecule has 0 saturated carbocycles. The Morgan fingerprint density at radius 1 is 1.35 bits per heavy atom. The van der Waals surface area contributed by atoms with Crippen LogP contribution in [0.2, 0.25) is 0 Å². The third kappa shape index (κ3) is 2.07. The Labute approximate surface area is 115 Å². The molecule has 0 saturated heterocycles. The number of benzene rings is 1. The van der Waals surface area contributed by atoms with Crippen molar-refractivity contribution in [2.24, 2.45) is 0 Å². The number of carbonyl (C=O) groups excluding carboxylic acids is 1. The standard InChI is InChI=1S/C14H13N5O/c1-8-10(5-9(15)6-16-8)14(20)18-12-3-2-4-13-11(12)7-17-19-13/h2-7H,15H2,1H3,(H,17,19)(H,18,20). The fourth-order valence-electron chi connectivity index (χ4n) is 2.05. The van der Waals surface area contributed by atoms with Gasteiger partial charge in [-0.05, 0) is 25.1 Å². The van der Waals surface area contributed by atoms with Gasteiger partial charge in [0.2, 0.25) is 0 Å². The van der Waals surface area contributed by atoms with E-state index < -0.39 is 0 Å². The number of pyridine rings is 1. The summed E-state index contributed by atoms with van der Waals surface area (Å²) in [6.45, 7) is 1.77. The number of hydrogen-bond donors (Lipinski definition) is 3. The Morgan fingerprint density at radius 2 is 2.20 bits per heavy atom. The molecule has 0 aliphatic rings. The predicted octanol–water partition coefficient (Wildman–Crippen LogP) is 2.10. The summed E-state index contributed by atoms with van der Waals surface area (Å²) in [6, 6.07) is 7.18. The van der Waals surface area contributed by atoms with Crippen LogP contribution in [0, 0.1) is 6.92 Å². The highest BCUT2D eigenvalue weighted by Crippen LogP contribution is 2.22. The number of aromatic amines is 1. The van der Waals surface area contributed by atoms with E-state index in [2.05, 4.69) is 20.5 Å². The van der Waals surface area contributed by atoms with Gasteiger partial charge >= 0.3 is 0 Å². The fraction of sp³-hybridized carbons (Fsp3) is 0.0714. The molecule has 0 bridgehead atoms. The number of hydrogen-bond acceptors (Lipinski definition) is 4. The molecule has 6 heteroatoms. The van der Waals surface area contributed by atoms with Crippen LogP contribution in [0.3, 0.4) is 0 Å². The Hall–Kier alpha value is -2.89. The van der Waals surface area contributed by atoms with E-state index in [1.165, 1.54) is 6.20 Å². The summed E-state index contributed by atoms with van der Waals surface area (Å²) in [4.78, 5) is 16.4. The summed E-state index contributed by atoms with van der Waals surface area (Å²) in [5.74, 6) is -0.240. The molecule has 6 nitrogen and oxygen atoms in total. The molecule has 0 atom stereocenters. The molecular formula is C14H13N5O. The van der Waals surface area contributed by atoms with Crippen LogP contribution in [-0.4, -0.2) is 21.1 Å². The maximum absolute atomic E-state index is 12.3. The number of aryl methyl sites for hydroxylation is 1. The largest absolute Gasteiger partial charge is 0.397 e. The van der Waals surface area contributed by atoms with Gasteiger partial charge in [-0.15, -0.1) is 0 Å². The van der Waals surface area contributed by atoms with E-state index in [4.69, 9.17) is 5.73 Å². The number of aromatic nitrogens is 3. The van der Waals surface area contributed by atoms with Crippen molar-refractivity contribution < 1.29 is 4.79 Å². The van der Waals surface area contributed by atoms with Gasteiger partial charge in [-0.25, -0.2) is 0 Å². The molecule has 0 spiro atoms. The number of carbonyl (C=O) groups is 1. The number of fused-ring (bicyclic) bond motifs is 1. The van der Waals surface area contributed by atoms with Gasteiger partial charge in [-0.1, -0.05) is 6.07 Å². The molecule has 1 amide bonds. The molecule has 20 heavy (non-hydrogen) atoms. The highest BCUT2D eigenvalue weighted by molar-refractivity contribution is 6.09. The van der Waals surface area contributed by atoms with Crippen molar-refractivity contribution in [1.29, 1.82) is 0 Å². The first-order valence-electron chi connectivity index (χ1n) is 6.11. The van der Waals surface area contributed by atoms with Gasteiger partial charge in [0.25, 0.3) is 5.91 Å². The van der Waals surface area contributed by atoms with Crippen molar-refractivity contribution in [3.05, 3.63) is 47.9 Å². The lowest BCUT2D eigenvalue weighted by atomic mass is 10.1. The van der Waals surface area contributed by atoms with Gasteiger partial charge in [0.05, 0.1) is 40.5 Å². The van der Waals surface area contributed by atoms with Crippen molar-refractivity contribution in [2.45, 2.75) is 6.92 Å². The zero-order chi connectivity index (χ0) is 14.1. The zero-order valence-corrected chi connectivity index (χ0v) is 10.8. The highest BCUT2D eigenvalue weighted by atomic mass is 16.1. The van der Waals surface area contributed by atoms with Crippen molar-refractivity contribution in [3.8, 4) is 0 Å². The summed E-state index contributed by atoms with van der Waals surface area (Å²) in [6.07, 6.45) is 3.21. The lowest BCUT2D eigenvalue weighted by Crippen LogP contribution is -2.14. The smallest absolute Gasteiger partial charge is 0.257 e. The second-order valence-electron chi connectivity index (χ2n) is 4.49. The summed E-state index contributed by atoms with van der Waals surface area (Å²) in [5, 5.41) is 10.5. The van der Waals surface area contributed by atoms with E-state index in [0.717, 1.165) is 10.9 Å². The van der Waals surface area contributed by atoms with Crippen LogP contribution in [0.15, 0.2) is 36.7 Å². The van der Waals surface area contributed by atoms with Crippen molar-refractivity contribution in [1.82, 2.24) is 15.2 Å². The number of H-pyrrole nitrogens is 1. The molecule has 100 valence electrons. The second-order valence-corrected chi connectivity index (χ2v) is 4.49. The van der Waals surface area contributed by atoms with E-state index in [0.29, 0.717) is 22.6 Å². The quantitative estimate of drug-likeness (QED) is 0.662. The number of anilines is 2. The SMILES string of the molecule is Cc1ncc(N)cc1C(=O)Nc1cccc2[nH]ncc12. The first kappa shape index (κ1) is 12.2. The monoisotopic (exact) mass is 267 g/mol. The maximum atomic E-state index is 12.3. The molecule has 4 N–H and O–H groups in total. The van der Waals surface area contributed by atoms with Gasteiger partial charge in [0, 0.05) is 5.39 Å². The number of amides is 1. The molecule has 0 fully saturated rings. The van der Waals surface area contributed by atoms with Crippen LogP contribution < -0.4 is 11.1 Å². The Morgan fingerprint density at radius 3 is 3.05 bits per heavy atom. The molecular weight excluding hydrogens is 254 g/mol. The van der Waals surface area contributed by atoms with Gasteiger partial charge in [0.1, 0.15) is 0 Å². The number of nitrogen functional groups attached to an aromatic ring is 1. The van der Waals surface area contributed by atoms with Crippen molar-refractivity contribution >= 4 is 28.2 Å². The molecule has 0 aliphatic heterocycles. The average Bonchev–Trinajstić information content (AvgIpc) is 2.91. The summed E-state index contributed by atoms with van der Waals surface area (Å²) >= 11 is 0. The first-order chi connectivity index (χ1) is 9.65.